The monoisotopic (exact) mass is 345 g/mol. The van der Waals surface area contributed by atoms with Gasteiger partial charge in [-0.1, -0.05) is 0 Å². The van der Waals surface area contributed by atoms with Gasteiger partial charge in [0.15, 0.2) is 0 Å². The van der Waals surface area contributed by atoms with Gasteiger partial charge in [-0.05, 0) is 55.9 Å². The number of thiophene rings is 1. The summed E-state index contributed by atoms with van der Waals surface area (Å²) in [6.07, 6.45) is 0. The fraction of sp³-hybridized carbons (Fsp3) is 0.714. The highest BCUT2D eigenvalue weighted by atomic mass is 79.9. The Morgan fingerprint density at radius 3 is 2.53 bits per heavy atom. The predicted octanol–water partition coefficient (Wildman–Crippen LogP) is 2.92. The van der Waals surface area contributed by atoms with Crippen LogP contribution in [0.1, 0.15) is 31.7 Å². The number of nitrogens with two attached hydrogens (primary N) is 1. The van der Waals surface area contributed by atoms with Crippen molar-refractivity contribution in [1.82, 2.24) is 9.80 Å². The Kier molecular flexibility index (Phi) is 4.73. The molecule has 0 aliphatic carbocycles. The summed E-state index contributed by atoms with van der Waals surface area (Å²) < 4.78 is 1.18. The molecule has 2 atom stereocenters. The molecule has 0 radical (unpaired) electrons. The summed E-state index contributed by atoms with van der Waals surface area (Å²) in [5, 5.41) is 0. The van der Waals surface area contributed by atoms with E-state index in [2.05, 4.69) is 65.7 Å². The first-order valence-electron chi connectivity index (χ1n) is 6.77. The molecule has 0 saturated carbocycles. The molecule has 1 fully saturated rings. The molecular formula is C14H24BrN3S. The van der Waals surface area contributed by atoms with Gasteiger partial charge >= 0.3 is 0 Å². The van der Waals surface area contributed by atoms with Crippen LogP contribution in [0.25, 0.3) is 0 Å². The summed E-state index contributed by atoms with van der Waals surface area (Å²) in [4.78, 5) is 6.34. The highest BCUT2D eigenvalue weighted by Crippen LogP contribution is 2.34. The highest BCUT2D eigenvalue weighted by Gasteiger charge is 2.36. The van der Waals surface area contributed by atoms with E-state index in [-0.39, 0.29) is 11.6 Å². The van der Waals surface area contributed by atoms with E-state index in [0.717, 1.165) is 19.6 Å². The summed E-state index contributed by atoms with van der Waals surface area (Å²) in [6, 6.07) is 4.79. The summed E-state index contributed by atoms with van der Waals surface area (Å²) in [5.41, 5.74) is 6.48. The quantitative estimate of drug-likeness (QED) is 0.913. The third kappa shape index (κ3) is 3.39. The number of rotatable bonds is 3. The molecule has 0 aromatic carbocycles. The van der Waals surface area contributed by atoms with Gasteiger partial charge in [0.1, 0.15) is 0 Å². The van der Waals surface area contributed by atoms with E-state index in [9.17, 15) is 0 Å². The van der Waals surface area contributed by atoms with Gasteiger partial charge in [0.25, 0.3) is 0 Å². The lowest BCUT2D eigenvalue weighted by Crippen LogP contribution is -2.59. The lowest BCUT2D eigenvalue weighted by molar-refractivity contribution is 0.0121. The van der Waals surface area contributed by atoms with E-state index in [1.54, 1.807) is 11.3 Å². The average Bonchev–Trinajstić information content (AvgIpc) is 2.69. The first kappa shape index (κ1) is 15.4. The molecule has 5 heteroatoms. The van der Waals surface area contributed by atoms with Gasteiger partial charge in [0.2, 0.25) is 0 Å². The highest BCUT2D eigenvalue weighted by molar-refractivity contribution is 9.11. The molecule has 3 nitrogen and oxygen atoms in total. The van der Waals surface area contributed by atoms with Crippen LogP contribution in [-0.4, -0.2) is 48.1 Å². The molecule has 1 aliphatic heterocycles. The minimum atomic E-state index is 0.143. The van der Waals surface area contributed by atoms with Crippen LogP contribution < -0.4 is 5.73 Å². The Bertz CT molecular complexity index is 430. The molecule has 0 spiro atoms. The zero-order valence-electron chi connectivity index (χ0n) is 12.2. The van der Waals surface area contributed by atoms with Crippen LogP contribution in [0, 0.1) is 0 Å². The second-order valence-electron chi connectivity index (χ2n) is 6.15. The van der Waals surface area contributed by atoms with E-state index in [1.807, 2.05) is 0 Å². The summed E-state index contributed by atoms with van der Waals surface area (Å²) in [5.74, 6) is 0. The predicted molar refractivity (Wildman–Crippen MR) is 86.7 cm³/mol. The lowest BCUT2D eigenvalue weighted by atomic mass is 9.96. The van der Waals surface area contributed by atoms with Crippen LogP contribution in [0.3, 0.4) is 0 Å². The van der Waals surface area contributed by atoms with Gasteiger partial charge in [0, 0.05) is 36.1 Å². The third-order valence-corrected chi connectivity index (χ3v) is 5.82. The maximum Gasteiger partial charge on any atom is 0.0702 e. The van der Waals surface area contributed by atoms with Crippen molar-refractivity contribution in [2.45, 2.75) is 38.4 Å². The van der Waals surface area contributed by atoms with Gasteiger partial charge in [-0.15, -0.1) is 11.3 Å². The van der Waals surface area contributed by atoms with Gasteiger partial charge < -0.3 is 5.73 Å². The molecule has 2 heterocycles. The largest absolute Gasteiger partial charge is 0.326 e. The summed E-state index contributed by atoms with van der Waals surface area (Å²) in [7, 11) is 2.21. The Hall–Kier alpha value is 0.0600. The normalized spacial score (nSPS) is 24.3. The van der Waals surface area contributed by atoms with Crippen molar-refractivity contribution in [2.24, 2.45) is 5.73 Å². The van der Waals surface area contributed by atoms with Crippen LogP contribution in [0.2, 0.25) is 0 Å². The molecule has 108 valence electrons. The zero-order valence-corrected chi connectivity index (χ0v) is 14.6. The number of hydrogen-bond acceptors (Lipinski definition) is 4. The maximum absolute atomic E-state index is 6.27. The van der Waals surface area contributed by atoms with Gasteiger partial charge in [-0.3, -0.25) is 9.80 Å². The Morgan fingerprint density at radius 2 is 2.05 bits per heavy atom. The fourth-order valence-electron chi connectivity index (χ4n) is 2.77. The molecule has 1 saturated heterocycles. The minimum Gasteiger partial charge on any atom is -0.326 e. The van der Waals surface area contributed by atoms with Crippen LogP contribution >= 0.6 is 27.3 Å². The van der Waals surface area contributed by atoms with E-state index in [1.165, 1.54) is 8.66 Å². The topological polar surface area (TPSA) is 32.5 Å². The number of piperazine rings is 1. The molecule has 2 unspecified atom stereocenters. The molecule has 2 rings (SSSR count). The fourth-order valence-corrected chi connectivity index (χ4v) is 4.45. The second kappa shape index (κ2) is 5.82. The zero-order chi connectivity index (χ0) is 14.2. The molecule has 1 aromatic rings. The van der Waals surface area contributed by atoms with Crippen molar-refractivity contribution >= 4 is 27.3 Å². The Balaban J connectivity index is 2.21. The van der Waals surface area contributed by atoms with E-state index < -0.39 is 0 Å². The summed E-state index contributed by atoms with van der Waals surface area (Å²) in [6.45, 7) is 9.97. The Morgan fingerprint density at radius 1 is 1.37 bits per heavy atom. The standard InChI is InChI=1S/C14H24BrN3S/c1-10(16)13(11-5-6-12(15)19-11)18-8-7-17(4)14(2,3)9-18/h5-6,10,13H,7-9,16H2,1-4H3. The van der Waals surface area contributed by atoms with Gasteiger partial charge in [0.05, 0.1) is 9.83 Å². The molecular weight excluding hydrogens is 322 g/mol. The van der Waals surface area contributed by atoms with Gasteiger partial charge in [-0.2, -0.15) is 0 Å². The van der Waals surface area contributed by atoms with Crippen molar-refractivity contribution in [3.05, 3.63) is 20.8 Å². The first-order chi connectivity index (χ1) is 8.81. The van der Waals surface area contributed by atoms with Crippen molar-refractivity contribution in [3.63, 3.8) is 0 Å². The van der Waals surface area contributed by atoms with E-state index in [4.69, 9.17) is 5.73 Å². The second-order valence-corrected chi connectivity index (χ2v) is 8.64. The molecule has 1 aromatic heterocycles. The minimum absolute atomic E-state index is 0.143. The number of nitrogens with zero attached hydrogens (tertiary/aromatic N) is 2. The number of hydrogen-bond donors (Lipinski definition) is 1. The molecule has 2 N–H and O–H groups in total. The smallest absolute Gasteiger partial charge is 0.0702 e. The van der Waals surface area contributed by atoms with Crippen molar-refractivity contribution in [2.75, 3.05) is 26.7 Å². The number of halogens is 1. The molecule has 1 aliphatic rings. The van der Waals surface area contributed by atoms with Crippen molar-refractivity contribution in [3.8, 4) is 0 Å². The van der Waals surface area contributed by atoms with E-state index >= 15 is 0 Å². The van der Waals surface area contributed by atoms with Crippen LogP contribution in [0.4, 0.5) is 0 Å². The van der Waals surface area contributed by atoms with Crippen LogP contribution in [0.15, 0.2) is 15.9 Å². The number of likely N-dealkylation sites (N-methyl/N-ethyl adjacent to an activating group) is 1. The Labute approximate surface area is 128 Å². The SMILES string of the molecule is CC(N)C(c1ccc(Br)s1)N1CCN(C)C(C)(C)C1. The molecule has 19 heavy (non-hydrogen) atoms. The molecule has 0 bridgehead atoms. The van der Waals surface area contributed by atoms with Crippen molar-refractivity contribution < 1.29 is 0 Å². The average molecular weight is 346 g/mol. The van der Waals surface area contributed by atoms with Crippen LogP contribution in [-0.2, 0) is 0 Å². The third-order valence-electron chi connectivity index (χ3n) is 4.12. The van der Waals surface area contributed by atoms with Gasteiger partial charge in [-0.25, -0.2) is 0 Å². The lowest BCUT2D eigenvalue weighted by Gasteiger charge is -2.48. The van der Waals surface area contributed by atoms with E-state index in [0.29, 0.717) is 6.04 Å². The maximum atomic E-state index is 6.27. The van der Waals surface area contributed by atoms with Crippen LogP contribution in [0.5, 0.6) is 0 Å². The van der Waals surface area contributed by atoms with Crippen molar-refractivity contribution in [1.29, 1.82) is 0 Å². The molecule has 0 amide bonds. The summed E-state index contributed by atoms with van der Waals surface area (Å²) >= 11 is 5.36. The first-order valence-corrected chi connectivity index (χ1v) is 8.38.